The maximum absolute atomic E-state index is 3.36. The van der Waals surface area contributed by atoms with E-state index in [1.54, 1.807) is 0 Å². The molecule has 0 saturated heterocycles. The topological polar surface area (TPSA) is 12.0 Å². The summed E-state index contributed by atoms with van der Waals surface area (Å²) in [6, 6.07) is 0. The highest BCUT2D eigenvalue weighted by molar-refractivity contribution is 6.11. The van der Waals surface area contributed by atoms with E-state index >= 15 is 0 Å². The van der Waals surface area contributed by atoms with Gasteiger partial charge in [0.25, 0.3) is 0 Å². The standard InChI is InChI=1S/C5H15NSi/c1-3-5(7)6-4-2/h5-6H,3-4H2,1-2,7H3. The zero-order chi connectivity index (χ0) is 5.70. The summed E-state index contributed by atoms with van der Waals surface area (Å²) < 4.78 is 0. The van der Waals surface area contributed by atoms with Crippen LogP contribution in [0.3, 0.4) is 0 Å². The van der Waals surface area contributed by atoms with Gasteiger partial charge in [-0.05, 0) is 18.6 Å². The molecule has 1 atom stereocenters. The Morgan fingerprint density at radius 1 is 1.57 bits per heavy atom. The molecule has 7 heavy (non-hydrogen) atoms. The summed E-state index contributed by atoms with van der Waals surface area (Å²) in [5, 5.41) is 3.36. The first-order chi connectivity index (χ1) is 3.31. The van der Waals surface area contributed by atoms with Crippen LogP contribution >= 0.6 is 0 Å². The molecule has 2 heteroatoms. The van der Waals surface area contributed by atoms with Gasteiger partial charge in [-0.3, -0.25) is 0 Å². The van der Waals surface area contributed by atoms with Crippen molar-refractivity contribution in [3.63, 3.8) is 0 Å². The van der Waals surface area contributed by atoms with Gasteiger partial charge in [0.05, 0.1) is 0 Å². The third-order valence-electron chi connectivity index (χ3n) is 1.16. The van der Waals surface area contributed by atoms with E-state index in [1.807, 2.05) is 0 Å². The van der Waals surface area contributed by atoms with Crippen LogP contribution in [0.25, 0.3) is 0 Å². The van der Waals surface area contributed by atoms with E-state index in [0.29, 0.717) is 0 Å². The van der Waals surface area contributed by atoms with Gasteiger partial charge < -0.3 is 5.32 Å². The highest BCUT2D eigenvalue weighted by Crippen LogP contribution is 1.79. The van der Waals surface area contributed by atoms with Crippen LogP contribution in [0, 0.1) is 0 Å². The molecule has 0 saturated carbocycles. The van der Waals surface area contributed by atoms with Crippen molar-refractivity contribution < 1.29 is 0 Å². The smallest absolute Gasteiger partial charge is 0.0241 e. The van der Waals surface area contributed by atoms with E-state index < -0.39 is 0 Å². The van der Waals surface area contributed by atoms with Crippen molar-refractivity contribution in [3.05, 3.63) is 0 Å². The van der Waals surface area contributed by atoms with Crippen LogP contribution in [0.4, 0.5) is 0 Å². The highest BCUT2D eigenvalue weighted by Gasteiger charge is 1.90. The second-order valence-corrected chi connectivity index (χ2v) is 3.26. The van der Waals surface area contributed by atoms with Crippen molar-refractivity contribution in [2.75, 3.05) is 6.54 Å². The molecule has 0 radical (unpaired) electrons. The van der Waals surface area contributed by atoms with Crippen LogP contribution in [-0.2, 0) is 0 Å². The van der Waals surface area contributed by atoms with Crippen LogP contribution in [-0.4, -0.2) is 22.5 Å². The maximum Gasteiger partial charge on any atom is 0.0241 e. The lowest BCUT2D eigenvalue weighted by atomic mass is 10.5. The van der Waals surface area contributed by atoms with E-state index in [2.05, 4.69) is 19.2 Å². The fraction of sp³-hybridized carbons (Fsp3) is 1.00. The summed E-state index contributed by atoms with van der Waals surface area (Å²) in [5.74, 6) is 0. The fourth-order valence-corrected chi connectivity index (χ4v) is 0.901. The number of rotatable bonds is 3. The Kier molecular flexibility index (Phi) is 4.45. The molecule has 0 spiro atoms. The first kappa shape index (κ1) is 7.18. The minimum absolute atomic E-state index is 0.838. The third-order valence-corrected chi connectivity index (χ3v) is 2.39. The molecule has 0 aromatic carbocycles. The molecule has 0 rings (SSSR count). The first-order valence-electron chi connectivity index (χ1n) is 3.04. The average molecular weight is 117 g/mol. The molecule has 0 heterocycles. The minimum Gasteiger partial charge on any atom is -0.318 e. The normalized spacial score (nSPS) is 14.6. The largest absolute Gasteiger partial charge is 0.318 e. The lowest BCUT2D eigenvalue weighted by Gasteiger charge is -2.06. The Morgan fingerprint density at radius 3 is 2.29 bits per heavy atom. The van der Waals surface area contributed by atoms with Crippen LogP contribution < -0.4 is 5.32 Å². The summed E-state index contributed by atoms with van der Waals surface area (Å²) in [5.41, 5.74) is 0.838. The number of nitrogens with one attached hydrogen (secondary N) is 1. The second kappa shape index (κ2) is 4.34. The Labute approximate surface area is 48.9 Å². The lowest BCUT2D eigenvalue weighted by Crippen LogP contribution is -2.27. The van der Waals surface area contributed by atoms with Gasteiger partial charge >= 0.3 is 0 Å². The van der Waals surface area contributed by atoms with Gasteiger partial charge in [0.2, 0.25) is 0 Å². The summed E-state index contributed by atoms with van der Waals surface area (Å²) in [6.45, 7) is 5.50. The molecular formula is C5H15NSi. The van der Waals surface area contributed by atoms with E-state index in [9.17, 15) is 0 Å². The van der Waals surface area contributed by atoms with Crippen molar-refractivity contribution in [3.8, 4) is 0 Å². The average Bonchev–Trinajstić information content (AvgIpc) is 1.68. The molecule has 0 bridgehead atoms. The summed E-state index contributed by atoms with van der Waals surface area (Å²) in [7, 11) is 1.29. The minimum atomic E-state index is 0.838. The summed E-state index contributed by atoms with van der Waals surface area (Å²) in [4.78, 5) is 0. The molecule has 0 amide bonds. The zero-order valence-electron chi connectivity index (χ0n) is 5.49. The second-order valence-electron chi connectivity index (χ2n) is 1.87. The van der Waals surface area contributed by atoms with Gasteiger partial charge in [0, 0.05) is 10.2 Å². The molecule has 44 valence electrons. The SMILES string of the molecule is CCNC([SiH3])CC. The Bertz CT molecular complexity index is 39.1. The monoisotopic (exact) mass is 117 g/mol. The molecule has 0 aliphatic rings. The van der Waals surface area contributed by atoms with Crippen molar-refractivity contribution in [2.24, 2.45) is 0 Å². The van der Waals surface area contributed by atoms with Crippen LogP contribution in [0.5, 0.6) is 0 Å². The molecule has 0 fully saturated rings. The van der Waals surface area contributed by atoms with E-state index in [1.165, 1.54) is 16.7 Å². The predicted octanol–water partition coefficient (Wildman–Crippen LogP) is -0.303. The zero-order valence-corrected chi connectivity index (χ0v) is 7.49. The molecule has 0 aromatic rings. The highest BCUT2D eigenvalue weighted by atomic mass is 28.1. The number of hydrogen-bond acceptors (Lipinski definition) is 1. The molecule has 1 unspecified atom stereocenters. The van der Waals surface area contributed by atoms with E-state index in [4.69, 9.17) is 0 Å². The third kappa shape index (κ3) is 4.02. The molecule has 1 nitrogen and oxygen atoms in total. The van der Waals surface area contributed by atoms with E-state index in [-0.39, 0.29) is 0 Å². The lowest BCUT2D eigenvalue weighted by molar-refractivity contribution is 0.649. The van der Waals surface area contributed by atoms with Crippen molar-refractivity contribution in [1.29, 1.82) is 0 Å². The molecule has 1 N–H and O–H groups in total. The van der Waals surface area contributed by atoms with Crippen molar-refractivity contribution in [2.45, 2.75) is 25.9 Å². The molecule has 0 aromatic heterocycles. The van der Waals surface area contributed by atoms with Gasteiger partial charge in [0.1, 0.15) is 0 Å². The van der Waals surface area contributed by atoms with Gasteiger partial charge in [-0.2, -0.15) is 0 Å². The van der Waals surface area contributed by atoms with Crippen LogP contribution in [0.2, 0.25) is 0 Å². The van der Waals surface area contributed by atoms with Crippen molar-refractivity contribution in [1.82, 2.24) is 5.32 Å². The molecule has 0 aliphatic heterocycles. The van der Waals surface area contributed by atoms with E-state index in [0.717, 1.165) is 12.2 Å². The first-order valence-corrected chi connectivity index (χ1v) is 4.20. The Hall–Kier alpha value is 0.177. The Balaban J connectivity index is 2.83. The van der Waals surface area contributed by atoms with Crippen molar-refractivity contribution >= 4 is 10.2 Å². The molecule has 0 aliphatic carbocycles. The molecular weight excluding hydrogens is 102 g/mol. The number of hydrogen-bond donors (Lipinski definition) is 1. The van der Waals surface area contributed by atoms with Crippen LogP contribution in [0.1, 0.15) is 20.3 Å². The predicted molar refractivity (Wildman–Crippen MR) is 37.7 cm³/mol. The van der Waals surface area contributed by atoms with Gasteiger partial charge in [0.15, 0.2) is 0 Å². The quantitative estimate of drug-likeness (QED) is 0.500. The van der Waals surface area contributed by atoms with Gasteiger partial charge in [-0.25, -0.2) is 0 Å². The fourth-order valence-electron chi connectivity index (χ4n) is 0.493. The van der Waals surface area contributed by atoms with Gasteiger partial charge in [-0.15, -0.1) is 0 Å². The Morgan fingerprint density at radius 2 is 2.14 bits per heavy atom. The maximum atomic E-state index is 3.36. The van der Waals surface area contributed by atoms with Crippen LogP contribution in [0.15, 0.2) is 0 Å². The summed E-state index contributed by atoms with van der Waals surface area (Å²) >= 11 is 0. The van der Waals surface area contributed by atoms with Gasteiger partial charge in [-0.1, -0.05) is 13.8 Å². The summed E-state index contributed by atoms with van der Waals surface area (Å²) in [6.07, 6.45) is 1.29.